The maximum absolute atomic E-state index is 6.35. The number of furan rings is 1. The van der Waals surface area contributed by atoms with Gasteiger partial charge in [0.05, 0.1) is 16.7 Å². The molecular formula is C54H33N7O. The lowest BCUT2D eigenvalue weighted by Crippen LogP contribution is -2.05. The first-order valence-corrected chi connectivity index (χ1v) is 20.5. The number of benzene rings is 8. The molecule has 62 heavy (non-hydrogen) atoms. The van der Waals surface area contributed by atoms with E-state index >= 15 is 0 Å². The zero-order valence-corrected chi connectivity index (χ0v) is 33.1. The SMILES string of the molecule is c1ccc(-c2nc(-c3ccccc3)nc(-c3ccc(-n4c5ccccc5c5ccccc54)c(-c4nc(-c5ccccc5)nc(-c5ccc6c(c5)oc5ccccc56)n4)c3)n2)cc1. The highest BCUT2D eigenvalue weighted by Crippen LogP contribution is 2.39. The average Bonchev–Trinajstić information content (AvgIpc) is 3.90. The van der Waals surface area contributed by atoms with Crippen molar-refractivity contribution in [3.63, 3.8) is 0 Å². The first kappa shape index (κ1) is 35.3. The average molecular weight is 796 g/mol. The number of fused-ring (bicyclic) bond motifs is 6. The van der Waals surface area contributed by atoms with E-state index in [1.807, 2.05) is 115 Å². The molecule has 12 rings (SSSR count). The molecule has 8 nitrogen and oxygen atoms in total. The van der Waals surface area contributed by atoms with Crippen molar-refractivity contribution in [1.29, 1.82) is 0 Å². The summed E-state index contributed by atoms with van der Waals surface area (Å²) in [6.45, 7) is 0. The highest BCUT2D eigenvalue weighted by molar-refractivity contribution is 6.10. The molecule has 8 aromatic carbocycles. The fourth-order valence-electron chi connectivity index (χ4n) is 8.38. The van der Waals surface area contributed by atoms with Crippen LogP contribution in [0.1, 0.15) is 0 Å². The van der Waals surface area contributed by atoms with E-state index in [1.165, 1.54) is 0 Å². The van der Waals surface area contributed by atoms with Gasteiger partial charge < -0.3 is 8.98 Å². The third-order valence-electron chi connectivity index (χ3n) is 11.3. The number of para-hydroxylation sites is 3. The number of nitrogens with zero attached hydrogens (tertiary/aromatic N) is 7. The number of rotatable bonds is 7. The Kier molecular flexibility index (Phi) is 8.31. The van der Waals surface area contributed by atoms with Crippen LogP contribution in [-0.2, 0) is 0 Å². The smallest absolute Gasteiger partial charge is 0.166 e. The van der Waals surface area contributed by atoms with Gasteiger partial charge in [-0.2, -0.15) is 0 Å². The molecule has 0 aliphatic carbocycles. The second-order valence-electron chi connectivity index (χ2n) is 15.1. The number of hydrogen-bond acceptors (Lipinski definition) is 7. The third kappa shape index (κ3) is 6.09. The minimum Gasteiger partial charge on any atom is -0.456 e. The van der Waals surface area contributed by atoms with Gasteiger partial charge in [0.25, 0.3) is 0 Å². The lowest BCUT2D eigenvalue weighted by molar-refractivity contribution is 0.669. The number of hydrogen-bond donors (Lipinski definition) is 0. The van der Waals surface area contributed by atoms with Gasteiger partial charge in [0.1, 0.15) is 11.2 Å². The molecule has 0 aliphatic heterocycles. The van der Waals surface area contributed by atoms with Crippen LogP contribution in [0.2, 0.25) is 0 Å². The molecule has 0 bridgehead atoms. The summed E-state index contributed by atoms with van der Waals surface area (Å²) in [5.41, 5.74) is 9.65. The molecule has 290 valence electrons. The predicted octanol–water partition coefficient (Wildman–Crippen LogP) is 13.1. The first-order chi connectivity index (χ1) is 30.7. The quantitative estimate of drug-likeness (QED) is 0.158. The maximum Gasteiger partial charge on any atom is 0.166 e. The van der Waals surface area contributed by atoms with Crippen LogP contribution < -0.4 is 0 Å². The third-order valence-corrected chi connectivity index (χ3v) is 11.3. The predicted molar refractivity (Wildman–Crippen MR) is 247 cm³/mol. The second-order valence-corrected chi connectivity index (χ2v) is 15.1. The fourth-order valence-corrected chi connectivity index (χ4v) is 8.38. The Hall–Kier alpha value is -8.62. The van der Waals surface area contributed by atoms with Crippen LogP contribution in [-0.4, -0.2) is 34.5 Å². The summed E-state index contributed by atoms with van der Waals surface area (Å²) < 4.78 is 8.65. The highest BCUT2D eigenvalue weighted by Gasteiger charge is 2.22. The van der Waals surface area contributed by atoms with Crippen molar-refractivity contribution in [2.24, 2.45) is 0 Å². The van der Waals surface area contributed by atoms with Gasteiger partial charge in [0.2, 0.25) is 0 Å². The molecule has 0 atom stereocenters. The molecule has 12 aromatic rings. The van der Waals surface area contributed by atoms with Crippen molar-refractivity contribution in [3.05, 3.63) is 200 Å². The summed E-state index contributed by atoms with van der Waals surface area (Å²) in [7, 11) is 0. The Bertz CT molecular complexity index is 3530. The lowest BCUT2D eigenvalue weighted by Gasteiger charge is -2.16. The molecule has 8 heteroatoms. The molecule has 0 spiro atoms. The molecule has 0 radical (unpaired) electrons. The topological polar surface area (TPSA) is 95.4 Å². The molecule has 0 saturated carbocycles. The van der Waals surface area contributed by atoms with Gasteiger partial charge in [-0.15, -0.1) is 0 Å². The zero-order valence-electron chi connectivity index (χ0n) is 33.1. The molecule has 0 aliphatic rings. The summed E-state index contributed by atoms with van der Waals surface area (Å²) in [5.74, 6) is 3.26. The van der Waals surface area contributed by atoms with Crippen molar-refractivity contribution < 1.29 is 4.42 Å². The summed E-state index contributed by atoms with van der Waals surface area (Å²) >= 11 is 0. The minimum absolute atomic E-state index is 0.498. The standard InChI is InChI=1S/C54H33N7O/c1-4-16-34(17-5-1)49-55-50(35-18-6-2-7-19-35)57-52(56-49)37-29-31-46(61-44-25-13-10-22-39(44)40-23-11-14-26-45(40)61)43(32-37)54-59-51(36-20-8-3-9-21-36)58-53(60-54)38-28-30-42-41-24-12-15-27-47(41)62-48(42)33-38/h1-33H. The minimum atomic E-state index is 0.498. The van der Waals surface area contributed by atoms with Gasteiger partial charge in [-0.1, -0.05) is 152 Å². The lowest BCUT2D eigenvalue weighted by atomic mass is 10.1. The molecule has 0 unspecified atom stereocenters. The number of aromatic nitrogens is 7. The molecule has 0 N–H and O–H groups in total. The van der Waals surface area contributed by atoms with Crippen LogP contribution in [0, 0.1) is 0 Å². The monoisotopic (exact) mass is 795 g/mol. The fraction of sp³-hybridized carbons (Fsp3) is 0. The van der Waals surface area contributed by atoms with Gasteiger partial charge in [0.15, 0.2) is 34.9 Å². The molecule has 0 fully saturated rings. The summed E-state index contributed by atoms with van der Waals surface area (Å²) in [6, 6.07) is 67.6. The van der Waals surface area contributed by atoms with Crippen LogP contribution in [0.25, 0.3) is 118 Å². The largest absolute Gasteiger partial charge is 0.456 e. The maximum atomic E-state index is 6.35. The zero-order chi connectivity index (χ0) is 41.0. The van der Waals surface area contributed by atoms with E-state index in [1.54, 1.807) is 0 Å². The van der Waals surface area contributed by atoms with Crippen molar-refractivity contribution >= 4 is 43.7 Å². The Morgan fingerprint density at radius 1 is 0.290 bits per heavy atom. The van der Waals surface area contributed by atoms with E-state index in [0.29, 0.717) is 34.9 Å². The summed E-state index contributed by atoms with van der Waals surface area (Å²) in [4.78, 5) is 30.9. The molecule has 0 amide bonds. The first-order valence-electron chi connectivity index (χ1n) is 20.5. The van der Waals surface area contributed by atoms with Crippen molar-refractivity contribution in [2.75, 3.05) is 0 Å². The van der Waals surface area contributed by atoms with Gasteiger partial charge in [-0.3, -0.25) is 0 Å². The van der Waals surface area contributed by atoms with Crippen LogP contribution in [0.5, 0.6) is 0 Å². The van der Waals surface area contributed by atoms with E-state index < -0.39 is 0 Å². The van der Waals surface area contributed by atoms with Crippen LogP contribution in [0.3, 0.4) is 0 Å². The second kappa shape index (κ2) is 14.6. The van der Waals surface area contributed by atoms with Gasteiger partial charge >= 0.3 is 0 Å². The van der Waals surface area contributed by atoms with E-state index in [9.17, 15) is 0 Å². The van der Waals surface area contributed by atoms with E-state index in [2.05, 4.69) is 89.5 Å². The Balaban J connectivity index is 1.13. The molecular weight excluding hydrogens is 763 g/mol. The van der Waals surface area contributed by atoms with Crippen molar-refractivity contribution in [1.82, 2.24) is 34.5 Å². The van der Waals surface area contributed by atoms with Crippen molar-refractivity contribution in [2.45, 2.75) is 0 Å². The van der Waals surface area contributed by atoms with E-state index in [-0.39, 0.29) is 0 Å². The van der Waals surface area contributed by atoms with Gasteiger partial charge in [-0.05, 0) is 48.5 Å². The summed E-state index contributed by atoms with van der Waals surface area (Å²) in [5, 5.41) is 4.39. The molecule has 4 aromatic heterocycles. The van der Waals surface area contributed by atoms with Crippen LogP contribution in [0.4, 0.5) is 0 Å². The Morgan fingerprint density at radius 3 is 1.24 bits per heavy atom. The van der Waals surface area contributed by atoms with Gasteiger partial charge in [-0.25, -0.2) is 29.9 Å². The van der Waals surface area contributed by atoms with E-state index in [0.717, 1.165) is 82.8 Å². The Morgan fingerprint density at radius 2 is 0.694 bits per heavy atom. The van der Waals surface area contributed by atoms with Crippen LogP contribution in [0.15, 0.2) is 205 Å². The van der Waals surface area contributed by atoms with Crippen molar-refractivity contribution in [3.8, 4) is 74.0 Å². The normalized spacial score (nSPS) is 11.5. The summed E-state index contributed by atoms with van der Waals surface area (Å²) in [6.07, 6.45) is 0. The molecule has 0 saturated heterocycles. The van der Waals surface area contributed by atoms with E-state index in [4.69, 9.17) is 34.3 Å². The highest BCUT2D eigenvalue weighted by atomic mass is 16.3. The van der Waals surface area contributed by atoms with Gasteiger partial charge in [0, 0.05) is 54.9 Å². The van der Waals surface area contributed by atoms with Crippen LogP contribution >= 0.6 is 0 Å². The Labute approximate surface area is 355 Å². The molecule has 4 heterocycles.